The fourth-order valence-electron chi connectivity index (χ4n) is 2.52. The highest BCUT2D eigenvalue weighted by Gasteiger charge is 2.26. The predicted octanol–water partition coefficient (Wildman–Crippen LogP) is 3.87. The second kappa shape index (κ2) is 6.16. The number of nitrogens with zero attached hydrogens (tertiary/aromatic N) is 1. The third kappa shape index (κ3) is 2.85. The Labute approximate surface area is 127 Å². The molecule has 3 nitrogen and oxygen atoms in total. The van der Waals surface area contributed by atoms with Crippen molar-refractivity contribution in [2.45, 2.75) is 35.4 Å². The molecule has 3 rings (SSSR count). The summed E-state index contributed by atoms with van der Waals surface area (Å²) in [6.07, 6.45) is 2.93. The number of thiophene rings is 1. The van der Waals surface area contributed by atoms with E-state index in [2.05, 4.69) is 34.7 Å². The Hall–Kier alpha value is -1.04. The summed E-state index contributed by atoms with van der Waals surface area (Å²) in [6.45, 7) is 3.08. The first-order valence-corrected chi connectivity index (χ1v) is 8.49. The topological polar surface area (TPSA) is 34.1 Å². The third-order valence-electron chi connectivity index (χ3n) is 3.49. The number of hydrogen-bond acceptors (Lipinski definition) is 5. The molecule has 1 aliphatic rings. The number of fused-ring (bicyclic) bond motifs is 1. The van der Waals surface area contributed by atoms with Crippen LogP contribution in [-0.2, 0) is 6.54 Å². The smallest absolute Gasteiger partial charge is 0.217 e. The Bertz CT molecular complexity index is 585. The van der Waals surface area contributed by atoms with Gasteiger partial charge in [-0.1, -0.05) is 13.0 Å². The third-order valence-corrected chi connectivity index (χ3v) is 5.84. The van der Waals surface area contributed by atoms with Crippen molar-refractivity contribution in [3.63, 3.8) is 0 Å². The normalized spacial score (nSPS) is 21.5. The molecule has 0 aliphatic carbocycles. The van der Waals surface area contributed by atoms with Crippen molar-refractivity contribution in [1.29, 1.82) is 0 Å². The van der Waals surface area contributed by atoms with Crippen molar-refractivity contribution in [2.24, 2.45) is 0 Å². The molecule has 2 atom stereocenters. The van der Waals surface area contributed by atoms with Crippen LogP contribution in [0.3, 0.4) is 0 Å². The van der Waals surface area contributed by atoms with Gasteiger partial charge in [0.1, 0.15) is 0 Å². The fraction of sp³-hybridized carbons (Fsp3) is 0.400. The van der Waals surface area contributed by atoms with Crippen molar-refractivity contribution in [2.75, 3.05) is 7.11 Å². The van der Waals surface area contributed by atoms with E-state index in [1.165, 1.54) is 9.77 Å². The Morgan fingerprint density at radius 1 is 1.45 bits per heavy atom. The molecule has 2 aromatic heterocycles. The van der Waals surface area contributed by atoms with Gasteiger partial charge in [-0.3, -0.25) is 0 Å². The van der Waals surface area contributed by atoms with Gasteiger partial charge in [-0.05, 0) is 29.5 Å². The number of rotatable bonds is 4. The van der Waals surface area contributed by atoms with Crippen LogP contribution >= 0.6 is 23.1 Å². The maximum atomic E-state index is 5.31. The molecule has 0 fully saturated rings. The fourth-order valence-corrected chi connectivity index (χ4v) is 5.08. The van der Waals surface area contributed by atoms with Gasteiger partial charge in [0.05, 0.1) is 11.3 Å². The summed E-state index contributed by atoms with van der Waals surface area (Å²) in [4.78, 5) is 4.25. The van der Waals surface area contributed by atoms with E-state index in [0.717, 1.165) is 18.5 Å². The Morgan fingerprint density at radius 2 is 2.35 bits per heavy atom. The lowest BCUT2D eigenvalue weighted by molar-refractivity contribution is 0.387. The van der Waals surface area contributed by atoms with Gasteiger partial charge in [-0.25, -0.2) is 4.98 Å². The number of hydrogen-bond donors (Lipinski definition) is 1. The SMILES string of the molecule is COc1ncccc1CNC1C[C@H](C)Sc2sccc21. The first-order valence-electron chi connectivity index (χ1n) is 6.73. The molecule has 2 aromatic rings. The molecular weight excluding hydrogens is 288 g/mol. The number of pyridine rings is 1. The van der Waals surface area contributed by atoms with E-state index in [-0.39, 0.29) is 0 Å². The highest BCUT2D eigenvalue weighted by atomic mass is 32.2. The number of methoxy groups -OCH3 is 1. The second-order valence-corrected chi connectivity index (χ2v) is 7.56. The molecule has 0 bridgehead atoms. The Balaban J connectivity index is 1.73. The van der Waals surface area contributed by atoms with Crippen molar-refractivity contribution >= 4 is 23.1 Å². The molecule has 0 amide bonds. The largest absolute Gasteiger partial charge is 0.481 e. The molecule has 3 heterocycles. The van der Waals surface area contributed by atoms with Crippen LogP contribution in [0.25, 0.3) is 0 Å². The van der Waals surface area contributed by atoms with Crippen LogP contribution < -0.4 is 10.1 Å². The highest BCUT2D eigenvalue weighted by molar-refractivity contribution is 8.01. The molecular formula is C15H18N2OS2. The molecule has 0 saturated carbocycles. The quantitative estimate of drug-likeness (QED) is 0.930. The van der Waals surface area contributed by atoms with Crippen molar-refractivity contribution < 1.29 is 4.74 Å². The van der Waals surface area contributed by atoms with Crippen LogP contribution in [0.4, 0.5) is 0 Å². The average Bonchev–Trinajstić information content (AvgIpc) is 2.93. The lowest BCUT2D eigenvalue weighted by Gasteiger charge is -2.27. The summed E-state index contributed by atoms with van der Waals surface area (Å²) >= 11 is 3.84. The summed E-state index contributed by atoms with van der Waals surface area (Å²) in [5, 5.41) is 6.51. The maximum absolute atomic E-state index is 5.31. The molecule has 1 N–H and O–H groups in total. The molecule has 5 heteroatoms. The summed E-state index contributed by atoms with van der Waals surface area (Å²) in [5.74, 6) is 0.712. The van der Waals surface area contributed by atoms with Gasteiger partial charge in [0.15, 0.2) is 0 Å². The minimum atomic E-state index is 0.428. The molecule has 1 aliphatic heterocycles. The summed E-state index contributed by atoms with van der Waals surface area (Å²) in [7, 11) is 1.67. The molecule has 1 unspecified atom stereocenters. The first kappa shape index (κ1) is 13.9. The lowest BCUT2D eigenvalue weighted by Crippen LogP contribution is -2.26. The molecule has 0 aromatic carbocycles. The highest BCUT2D eigenvalue weighted by Crippen LogP contribution is 2.43. The maximum Gasteiger partial charge on any atom is 0.217 e. The van der Waals surface area contributed by atoms with Gasteiger partial charge in [0.2, 0.25) is 5.88 Å². The standard InChI is InChI=1S/C15H18N2OS2/c1-10-8-13(12-5-7-19-15(12)20-10)17-9-11-4-3-6-16-14(11)18-2/h3-7,10,13,17H,8-9H2,1-2H3/t10-,13?/m0/s1. The number of ether oxygens (including phenoxy) is 1. The van der Waals surface area contributed by atoms with Gasteiger partial charge in [-0.15, -0.1) is 23.1 Å². The van der Waals surface area contributed by atoms with E-state index in [1.807, 2.05) is 29.2 Å². The van der Waals surface area contributed by atoms with E-state index < -0.39 is 0 Å². The zero-order chi connectivity index (χ0) is 13.9. The van der Waals surface area contributed by atoms with Gasteiger partial charge in [0.25, 0.3) is 0 Å². The van der Waals surface area contributed by atoms with Gasteiger partial charge >= 0.3 is 0 Å². The van der Waals surface area contributed by atoms with Crippen LogP contribution in [0.2, 0.25) is 0 Å². The summed E-state index contributed by atoms with van der Waals surface area (Å²) in [6, 6.07) is 6.69. The lowest BCUT2D eigenvalue weighted by atomic mass is 10.0. The van der Waals surface area contributed by atoms with Gasteiger partial charge in [-0.2, -0.15) is 0 Å². The number of nitrogens with one attached hydrogen (secondary N) is 1. The first-order chi connectivity index (χ1) is 9.78. The van der Waals surface area contributed by atoms with Crippen LogP contribution in [0.5, 0.6) is 5.88 Å². The molecule has 0 saturated heterocycles. The molecule has 0 radical (unpaired) electrons. The zero-order valence-electron chi connectivity index (χ0n) is 11.6. The van der Waals surface area contributed by atoms with E-state index in [9.17, 15) is 0 Å². The Kier molecular flexibility index (Phi) is 4.29. The molecule has 106 valence electrons. The number of thioether (sulfide) groups is 1. The minimum absolute atomic E-state index is 0.428. The minimum Gasteiger partial charge on any atom is -0.481 e. The van der Waals surface area contributed by atoms with E-state index >= 15 is 0 Å². The van der Waals surface area contributed by atoms with Crippen molar-refractivity contribution in [3.8, 4) is 5.88 Å². The van der Waals surface area contributed by atoms with Gasteiger partial charge in [0, 0.05) is 29.6 Å². The van der Waals surface area contributed by atoms with Crippen LogP contribution in [0.15, 0.2) is 34.0 Å². The second-order valence-electron chi connectivity index (χ2n) is 4.93. The van der Waals surface area contributed by atoms with Crippen LogP contribution in [0.1, 0.15) is 30.5 Å². The van der Waals surface area contributed by atoms with Crippen LogP contribution in [0, 0.1) is 0 Å². The van der Waals surface area contributed by atoms with Crippen molar-refractivity contribution in [1.82, 2.24) is 10.3 Å². The summed E-state index contributed by atoms with van der Waals surface area (Å²) < 4.78 is 6.77. The van der Waals surface area contributed by atoms with Crippen molar-refractivity contribution in [3.05, 3.63) is 40.9 Å². The average molecular weight is 306 g/mol. The monoisotopic (exact) mass is 306 g/mol. The predicted molar refractivity (Wildman–Crippen MR) is 84.6 cm³/mol. The Morgan fingerprint density at radius 3 is 3.20 bits per heavy atom. The zero-order valence-corrected chi connectivity index (χ0v) is 13.3. The van der Waals surface area contributed by atoms with E-state index in [1.54, 1.807) is 13.3 Å². The van der Waals surface area contributed by atoms with Crippen LogP contribution in [-0.4, -0.2) is 17.3 Å². The molecule has 20 heavy (non-hydrogen) atoms. The molecule has 0 spiro atoms. The van der Waals surface area contributed by atoms with Gasteiger partial charge < -0.3 is 10.1 Å². The number of aromatic nitrogens is 1. The van der Waals surface area contributed by atoms with E-state index in [0.29, 0.717) is 17.2 Å². The summed E-state index contributed by atoms with van der Waals surface area (Å²) in [5.41, 5.74) is 2.55. The van der Waals surface area contributed by atoms with E-state index in [4.69, 9.17) is 4.74 Å².